The maximum Gasteiger partial charge on any atom is 0.326 e. The summed E-state index contributed by atoms with van der Waals surface area (Å²) in [4.78, 5) is 24.7. The number of hydrogen-bond donors (Lipinski definition) is 2. The van der Waals surface area contributed by atoms with Crippen molar-refractivity contribution in [3.8, 4) is 0 Å². The molecule has 0 aromatic rings. The Balaban J connectivity index is 4.30. The number of carboxylic acid groups (broad SMARTS) is 1. The molecule has 6 heteroatoms. The zero-order valence-electron chi connectivity index (χ0n) is 12.1. The minimum atomic E-state index is -1.00. The van der Waals surface area contributed by atoms with Crippen molar-refractivity contribution >= 4 is 12.0 Å². The first kappa shape index (κ1) is 17.7. The van der Waals surface area contributed by atoms with E-state index in [2.05, 4.69) is 12.2 Å². The van der Waals surface area contributed by atoms with Crippen LogP contribution in [0, 0.1) is 0 Å². The van der Waals surface area contributed by atoms with Crippen LogP contribution in [0.5, 0.6) is 0 Å². The van der Waals surface area contributed by atoms with Crippen LogP contribution in [0.4, 0.5) is 4.79 Å². The molecule has 1 unspecified atom stereocenters. The molecule has 0 spiro atoms. The van der Waals surface area contributed by atoms with Gasteiger partial charge in [0.1, 0.15) is 6.04 Å². The number of carbonyl (C=O) groups excluding carboxylic acids is 1. The molecule has 0 heterocycles. The second kappa shape index (κ2) is 10.6. The van der Waals surface area contributed by atoms with E-state index in [1.807, 2.05) is 6.92 Å². The van der Waals surface area contributed by atoms with Gasteiger partial charge in [0.2, 0.25) is 0 Å². The van der Waals surface area contributed by atoms with E-state index in [0.717, 1.165) is 12.8 Å². The SMILES string of the molecule is CCCCN(CC)C(=O)NC(CCCOC)C(=O)O. The third kappa shape index (κ3) is 7.66. The van der Waals surface area contributed by atoms with Crippen molar-refractivity contribution in [1.82, 2.24) is 10.2 Å². The molecule has 0 bridgehead atoms. The van der Waals surface area contributed by atoms with Crippen molar-refractivity contribution < 1.29 is 19.4 Å². The van der Waals surface area contributed by atoms with Crippen LogP contribution < -0.4 is 5.32 Å². The number of carbonyl (C=O) groups is 2. The predicted octanol–water partition coefficient (Wildman–Crippen LogP) is 1.70. The fraction of sp³-hybridized carbons (Fsp3) is 0.846. The Bertz CT molecular complexity index is 271. The lowest BCUT2D eigenvalue weighted by atomic mass is 10.1. The molecular formula is C13H26N2O4. The van der Waals surface area contributed by atoms with Crippen LogP contribution in [-0.4, -0.2) is 54.9 Å². The lowest BCUT2D eigenvalue weighted by molar-refractivity contribution is -0.139. The van der Waals surface area contributed by atoms with Crippen LogP contribution in [-0.2, 0) is 9.53 Å². The van der Waals surface area contributed by atoms with Crippen molar-refractivity contribution in [2.45, 2.75) is 45.6 Å². The molecule has 2 N–H and O–H groups in total. The van der Waals surface area contributed by atoms with Crippen molar-refractivity contribution in [3.05, 3.63) is 0 Å². The van der Waals surface area contributed by atoms with Gasteiger partial charge in [0, 0.05) is 26.8 Å². The Morgan fingerprint density at radius 2 is 2.00 bits per heavy atom. The average Bonchev–Trinajstić information content (AvgIpc) is 2.38. The molecule has 0 radical (unpaired) electrons. The molecule has 1 atom stereocenters. The molecule has 0 fully saturated rings. The van der Waals surface area contributed by atoms with Crippen molar-refractivity contribution in [2.24, 2.45) is 0 Å². The smallest absolute Gasteiger partial charge is 0.326 e. The number of aliphatic carboxylic acids is 1. The molecule has 0 saturated carbocycles. The highest BCUT2D eigenvalue weighted by molar-refractivity contribution is 5.82. The molecule has 0 saturated heterocycles. The van der Waals surface area contributed by atoms with Crippen LogP contribution >= 0.6 is 0 Å². The summed E-state index contributed by atoms with van der Waals surface area (Å²) >= 11 is 0. The van der Waals surface area contributed by atoms with E-state index >= 15 is 0 Å². The van der Waals surface area contributed by atoms with E-state index in [1.54, 1.807) is 12.0 Å². The number of ether oxygens (including phenoxy) is 1. The first-order chi connectivity index (χ1) is 9.06. The normalized spacial score (nSPS) is 11.9. The highest BCUT2D eigenvalue weighted by Gasteiger charge is 2.21. The van der Waals surface area contributed by atoms with Gasteiger partial charge in [0.25, 0.3) is 0 Å². The number of rotatable bonds is 10. The number of nitrogens with one attached hydrogen (secondary N) is 1. The Hall–Kier alpha value is -1.30. The summed E-state index contributed by atoms with van der Waals surface area (Å²) in [5.74, 6) is -1.00. The van der Waals surface area contributed by atoms with E-state index in [-0.39, 0.29) is 6.03 Å². The maximum absolute atomic E-state index is 11.9. The number of nitrogens with zero attached hydrogens (tertiary/aromatic N) is 1. The largest absolute Gasteiger partial charge is 0.480 e. The van der Waals surface area contributed by atoms with Gasteiger partial charge in [0.05, 0.1) is 0 Å². The molecule has 19 heavy (non-hydrogen) atoms. The van der Waals surface area contributed by atoms with Crippen molar-refractivity contribution in [1.29, 1.82) is 0 Å². The highest BCUT2D eigenvalue weighted by Crippen LogP contribution is 2.01. The van der Waals surface area contributed by atoms with E-state index in [4.69, 9.17) is 9.84 Å². The van der Waals surface area contributed by atoms with E-state index < -0.39 is 12.0 Å². The van der Waals surface area contributed by atoms with Crippen LogP contribution in [0.15, 0.2) is 0 Å². The minimum absolute atomic E-state index is 0.305. The number of hydrogen-bond acceptors (Lipinski definition) is 3. The second-order valence-corrected chi connectivity index (χ2v) is 4.41. The van der Waals surface area contributed by atoms with Crippen molar-refractivity contribution in [2.75, 3.05) is 26.8 Å². The fourth-order valence-electron chi connectivity index (χ4n) is 1.68. The second-order valence-electron chi connectivity index (χ2n) is 4.41. The summed E-state index contributed by atoms with van der Waals surface area (Å²) in [6.07, 6.45) is 2.90. The van der Waals surface area contributed by atoms with Crippen LogP contribution in [0.1, 0.15) is 39.5 Å². The molecular weight excluding hydrogens is 248 g/mol. The third-order valence-corrected chi connectivity index (χ3v) is 2.89. The number of urea groups is 1. The summed E-state index contributed by atoms with van der Waals surface area (Å²) in [6, 6.07) is -1.15. The summed E-state index contributed by atoms with van der Waals surface area (Å²) in [7, 11) is 1.57. The minimum Gasteiger partial charge on any atom is -0.480 e. The molecule has 0 rings (SSSR count). The van der Waals surface area contributed by atoms with Crippen LogP contribution in [0.3, 0.4) is 0 Å². The first-order valence-electron chi connectivity index (χ1n) is 6.83. The quantitative estimate of drug-likeness (QED) is 0.594. The predicted molar refractivity (Wildman–Crippen MR) is 73.2 cm³/mol. The molecule has 112 valence electrons. The highest BCUT2D eigenvalue weighted by atomic mass is 16.5. The maximum atomic E-state index is 11.9. The van der Waals surface area contributed by atoms with E-state index in [1.165, 1.54) is 0 Å². The number of methoxy groups -OCH3 is 1. The van der Waals surface area contributed by atoms with Gasteiger partial charge < -0.3 is 20.1 Å². The van der Waals surface area contributed by atoms with Gasteiger partial charge >= 0.3 is 12.0 Å². The fourth-order valence-corrected chi connectivity index (χ4v) is 1.68. The van der Waals surface area contributed by atoms with Gasteiger partial charge in [-0.3, -0.25) is 0 Å². The summed E-state index contributed by atoms with van der Waals surface area (Å²) in [6.45, 7) is 5.67. The lowest BCUT2D eigenvalue weighted by Crippen LogP contribution is -2.48. The Kier molecular flexibility index (Phi) is 9.88. The van der Waals surface area contributed by atoms with Crippen LogP contribution in [0.25, 0.3) is 0 Å². The molecule has 0 aromatic carbocycles. The van der Waals surface area contributed by atoms with E-state index in [9.17, 15) is 9.59 Å². The van der Waals surface area contributed by atoms with Gasteiger partial charge in [-0.2, -0.15) is 0 Å². The van der Waals surface area contributed by atoms with Gasteiger partial charge in [0.15, 0.2) is 0 Å². The van der Waals surface area contributed by atoms with Gasteiger partial charge in [-0.05, 0) is 26.2 Å². The molecule has 0 aromatic heterocycles. The molecule has 2 amide bonds. The Labute approximate surface area is 115 Å². The average molecular weight is 274 g/mol. The van der Waals surface area contributed by atoms with Gasteiger partial charge in [-0.15, -0.1) is 0 Å². The molecule has 6 nitrogen and oxygen atoms in total. The molecule has 0 aliphatic rings. The van der Waals surface area contributed by atoms with Crippen LogP contribution in [0.2, 0.25) is 0 Å². The van der Waals surface area contributed by atoms with Gasteiger partial charge in [-0.1, -0.05) is 13.3 Å². The lowest BCUT2D eigenvalue weighted by Gasteiger charge is -2.23. The Morgan fingerprint density at radius 3 is 2.47 bits per heavy atom. The summed E-state index contributed by atoms with van der Waals surface area (Å²) in [5, 5.41) is 11.6. The van der Waals surface area contributed by atoms with E-state index in [0.29, 0.717) is 32.5 Å². The zero-order valence-corrected chi connectivity index (χ0v) is 12.1. The molecule has 0 aliphatic carbocycles. The standard InChI is InChI=1S/C13H26N2O4/c1-4-6-9-15(5-2)13(18)14-11(12(16)17)8-7-10-19-3/h11H,4-10H2,1-3H3,(H,14,18)(H,16,17). The van der Waals surface area contributed by atoms with Crippen molar-refractivity contribution in [3.63, 3.8) is 0 Å². The topological polar surface area (TPSA) is 78.9 Å². The van der Waals surface area contributed by atoms with Gasteiger partial charge in [-0.25, -0.2) is 9.59 Å². The Morgan fingerprint density at radius 1 is 1.32 bits per heavy atom. The summed E-state index contributed by atoms with van der Waals surface area (Å²) in [5.41, 5.74) is 0. The number of amides is 2. The zero-order chi connectivity index (χ0) is 14.7. The number of unbranched alkanes of at least 4 members (excludes halogenated alkanes) is 1. The monoisotopic (exact) mass is 274 g/mol. The third-order valence-electron chi connectivity index (χ3n) is 2.89. The first-order valence-corrected chi connectivity index (χ1v) is 6.83. The number of carboxylic acids is 1. The molecule has 0 aliphatic heterocycles. The summed E-state index contributed by atoms with van der Waals surface area (Å²) < 4.78 is 4.88.